The average Bonchev–Trinajstić information content (AvgIpc) is 2.19. The summed E-state index contributed by atoms with van der Waals surface area (Å²) < 4.78 is 13.8. The molecule has 0 amide bonds. The van der Waals surface area contributed by atoms with E-state index in [9.17, 15) is 9.50 Å². The third-order valence-electron chi connectivity index (χ3n) is 2.37. The lowest BCUT2D eigenvalue weighted by Gasteiger charge is -2.30. The minimum absolute atomic E-state index is 0.345. The first kappa shape index (κ1) is 14.3. The van der Waals surface area contributed by atoms with Crippen LogP contribution in [0.4, 0.5) is 15.8 Å². The molecule has 17 heavy (non-hydrogen) atoms. The van der Waals surface area contributed by atoms with Crippen LogP contribution in [-0.4, -0.2) is 23.8 Å². The summed E-state index contributed by atoms with van der Waals surface area (Å²) in [7, 11) is 0. The van der Waals surface area contributed by atoms with Crippen molar-refractivity contribution in [3.8, 4) is 0 Å². The molecule has 1 rings (SSSR count). The van der Waals surface area contributed by atoms with Crippen LogP contribution >= 0.6 is 15.9 Å². The standard InChI is InChI=1S/C12H18BrFN2O/c1-4-16(7-12(2,3)17)11-6-9(14)8(13)5-10(11)15/h5-6,17H,4,7,15H2,1-3H3. The number of aliphatic hydroxyl groups is 1. The highest BCUT2D eigenvalue weighted by Crippen LogP contribution is 2.30. The fraction of sp³-hybridized carbons (Fsp3) is 0.500. The van der Waals surface area contributed by atoms with Gasteiger partial charge in [-0.15, -0.1) is 0 Å². The first-order chi connectivity index (χ1) is 7.74. The number of nitrogen functional groups attached to an aromatic ring is 1. The zero-order valence-corrected chi connectivity index (χ0v) is 11.9. The van der Waals surface area contributed by atoms with Gasteiger partial charge < -0.3 is 15.7 Å². The highest BCUT2D eigenvalue weighted by Gasteiger charge is 2.20. The number of likely N-dealkylation sites (N-methyl/N-ethyl adjacent to an activating group) is 1. The predicted octanol–water partition coefficient (Wildman–Crippen LogP) is 2.77. The molecule has 0 saturated carbocycles. The van der Waals surface area contributed by atoms with Gasteiger partial charge in [-0.05, 0) is 42.8 Å². The maximum Gasteiger partial charge on any atom is 0.139 e. The zero-order chi connectivity index (χ0) is 13.2. The first-order valence-corrected chi connectivity index (χ1v) is 6.25. The van der Waals surface area contributed by atoms with E-state index in [0.717, 1.165) is 0 Å². The van der Waals surface area contributed by atoms with Crippen molar-refractivity contribution in [3.63, 3.8) is 0 Å². The summed E-state index contributed by atoms with van der Waals surface area (Å²) in [6, 6.07) is 2.92. The van der Waals surface area contributed by atoms with Gasteiger partial charge in [-0.2, -0.15) is 0 Å². The van der Waals surface area contributed by atoms with Gasteiger partial charge in [0.1, 0.15) is 5.82 Å². The van der Waals surface area contributed by atoms with E-state index in [4.69, 9.17) is 5.73 Å². The van der Waals surface area contributed by atoms with Crippen molar-refractivity contribution in [2.45, 2.75) is 26.4 Å². The quantitative estimate of drug-likeness (QED) is 0.841. The summed E-state index contributed by atoms with van der Waals surface area (Å²) in [5, 5.41) is 9.81. The van der Waals surface area contributed by atoms with Crippen molar-refractivity contribution >= 4 is 27.3 Å². The van der Waals surface area contributed by atoms with Gasteiger partial charge in [-0.3, -0.25) is 0 Å². The van der Waals surface area contributed by atoms with Crippen molar-refractivity contribution in [3.05, 3.63) is 22.4 Å². The van der Waals surface area contributed by atoms with Crippen LogP contribution in [0.5, 0.6) is 0 Å². The van der Waals surface area contributed by atoms with E-state index in [-0.39, 0.29) is 5.82 Å². The molecule has 3 nitrogen and oxygen atoms in total. The van der Waals surface area contributed by atoms with Crippen molar-refractivity contribution < 1.29 is 9.50 Å². The van der Waals surface area contributed by atoms with Gasteiger partial charge in [0.05, 0.1) is 21.4 Å². The second kappa shape index (κ2) is 5.23. The van der Waals surface area contributed by atoms with Crippen LogP contribution in [0.1, 0.15) is 20.8 Å². The van der Waals surface area contributed by atoms with Crippen molar-refractivity contribution in [2.24, 2.45) is 0 Å². The van der Waals surface area contributed by atoms with E-state index < -0.39 is 5.60 Å². The molecule has 0 radical (unpaired) electrons. The van der Waals surface area contributed by atoms with Gasteiger partial charge in [0.15, 0.2) is 0 Å². The molecular weight excluding hydrogens is 287 g/mol. The van der Waals surface area contributed by atoms with Crippen LogP contribution in [0, 0.1) is 5.82 Å². The largest absolute Gasteiger partial charge is 0.397 e. The fourth-order valence-corrected chi connectivity index (χ4v) is 2.02. The fourth-order valence-electron chi connectivity index (χ4n) is 1.66. The van der Waals surface area contributed by atoms with E-state index in [0.29, 0.717) is 28.9 Å². The summed E-state index contributed by atoms with van der Waals surface area (Å²) in [6.07, 6.45) is 0. The minimum atomic E-state index is -0.855. The SMILES string of the molecule is CCN(CC(C)(C)O)c1cc(F)c(Br)cc1N. The molecular formula is C12H18BrFN2O. The first-order valence-electron chi connectivity index (χ1n) is 5.46. The van der Waals surface area contributed by atoms with Gasteiger partial charge in [-0.1, -0.05) is 0 Å². The van der Waals surface area contributed by atoms with Gasteiger partial charge in [0, 0.05) is 19.2 Å². The molecule has 3 N–H and O–H groups in total. The van der Waals surface area contributed by atoms with Crippen LogP contribution in [0.15, 0.2) is 16.6 Å². The van der Waals surface area contributed by atoms with Gasteiger partial charge in [-0.25, -0.2) is 4.39 Å². The molecule has 0 aromatic heterocycles. The molecule has 0 spiro atoms. The number of nitrogens with two attached hydrogens (primary N) is 1. The molecule has 96 valence electrons. The van der Waals surface area contributed by atoms with Crippen LogP contribution in [0.2, 0.25) is 0 Å². The Hall–Kier alpha value is -0.810. The molecule has 0 fully saturated rings. The molecule has 0 aliphatic rings. The van der Waals surface area contributed by atoms with E-state index in [1.165, 1.54) is 12.1 Å². The lowest BCUT2D eigenvalue weighted by molar-refractivity contribution is 0.0876. The molecule has 1 aromatic carbocycles. The van der Waals surface area contributed by atoms with E-state index >= 15 is 0 Å². The van der Waals surface area contributed by atoms with Crippen molar-refractivity contribution in [1.29, 1.82) is 0 Å². The van der Waals surface area contributed by atoms with E-state index in [2.05, 4.69) is 15.9 Å². The Morgan fingerprint density at radius 2 is 2.06 bits per heavy atom. The topological polar surface area (TPSA) is 49.5 Å². The lowest BCUT2D eigenvalue weighted by Crippen LogP contribution is -2.39. The molecule has 0 bridgehead atoms. The minimum Gasteiger partial charge on any atom is -0.397 e. The molecule has 0 saturated heterocycles. The number of benzene rings is 1. The van der Waals surface area contributed by atoms with Crippen LogP contribution < -0.4 is 10.6 Å². The van der Waals surface area contributed by atoms with Gasteiger partial charge in [0.25, 0.3) is 0 Å². The molecule has 0 atom stereocenters. The van der Waals surface area contributed by atoms with E-state index in [1.54, 1.807) is 13.8 Å². The zero-order valence-electron chi connectivity index (χ0n) is 10.3. The Morgan fingerprint density at radius 3 is 2.53 bits per heavy atom. The van der Waals surface area contributed by atoms with Crippen molar-refractivity contribution in [2.75, 3.05) is 23.7 Å². The van der Waals surface area contributed by atoms with Crippen LogP contribution in [0.25, 0.3) is 0 Å². The summed E-state index contributed by atoms with van der Waals surface area (Å²) in [6.45, 7) is 6.40. The number of anilines is 2. The predicted molar refractivity (Wildman–Crippen MR) is 72.7 cm³/mol. The number of hydrogen-bond acceptors (Lipinski definition) is 3. The molecule has 0 unspecified atom stereocenters. The van der Waals surface area contributed by atoms with E-state index in [1.807, 2.05) is 11.8 Å². The molecule has 0 aliphatic heterocycles. The molecule has 1 aromatic rings. The average molecular weight is 305 g/mol. The normalized spacial score (nSPS) is 11.6. The monoisotopic (exact) mass is 304 g/mol. The summed E-state index contributed by atoms with van der Waals surface area (Å²) in [5.41, 5.74) is 6.11. The second-order valence-electron chi connectivity index (χ2n) is 4.65. The smallest absolute Gasteiger partial charge is 0.139 e. The lowest BCUT2D eigenvalue weighted by atomic mass is 10.1. The number of halogens is 2. The van der Waals surface area contributed by atoms with Crippen LogP contribution in [0.3, 0.4) is 0 Å². The summed E-state index contributed by atoms with van der Waals surface area (Å²) >= 11 is 3.09. The van der Waals surface area contributed by atoms with Gasteiger partial charge >= 0.3 is 0 Å². The Bertz CT molecular complexity index is 404. The Labute approximate surface area is 110 Å². The Kier molecular flexibility index (Phi) is 4.38. The number of nitrogens with zero attached hydrogens (tertiary/aromatic N) is 1. The molecule has 5 heteroatoms. The third-order valence-corrected chi connectivity index (χ3v) is 2.98. The van der Waals surface area contributed by atoms with Gasteiger partial charge in [0.2, 0.25) is 0 Å². The Morgan fingerprint density at radius 1 is 1.47 bits per heavy atom. The Balaban J connectivity index is 3.08. The summed E-state index contributed by atoms with van der Waals surface area (Å²) in [5.74, 6) is -0.358. The highest BCUT2D eigenvalue weighted by atomic mass is 79.9. The maximum absolute atomic E-state index is 13.5. The number of rotatable bonds is 4. The molecule has 0 aliphatic carbocycles. The highest BCUT2D eigenvalue weighted by molar-refractivity contribution is 9.10. The summed E-state index contributed by atoms with van der Waals surface area (Å²) in [4.78, 5) is 1.85. The molecule has 0 heterocycles. The van der Waals surface area contributed by atoms with Crippen molar-refractivity contribution in [1.82, 2.24) is 0 Å². The maximum atomic E-state index is 13.5. The second-order valence-corrected chi connectivity index (χ2v) is 5.51. The third kappa shape index (κ3) is 3.85. The van der Waals surface area contributed by atoms with Crippen LogP contribution in [-0.2, 0) is 0 Å². The number of hydrogen-bond donors (Lipinski definition) is 2.